The van der Waals surface area contributed by atoms with Gasteiger partial charge in [-0.3, -0.25) is 19.2 Å². The fourth-order valence-electron chi connectivity index (χ4n) is 3.73. The summed E-state index contributed by atoms with van der Waals surface area (Å²) in [4.78, 5) is 53.3. The number of imide groups is 1. The Hall–Kier alpha value is -3.55. The largest absolute Gasteiger partial charge is 0.326 e. The Labute approximate surface area is 186 Å². The highest BCUT2D eigenvalue weighted by Crippen LogP contribution is 2.32. The Morgan fingerprint density at radius 1 is 1.09 bits per heavy atom. The second-order valence-electron chi connectivity index (χ2n) is 8.36. The van der Waals surface area contributed by atoms with Crippen molar-refractivity contribution in [3.63, 3.8) is 0 Å². The summed E-state index contributed by atoms with van der Waals surface area (Å²) >= 11 is 0. The standard InChI is InChI=1S/C24H26FN3O4/c1-5-24(3,4)28(22(31)16-6-8-17(25)9-7-16)20-14-21(30)27(23(20)32)19-12-10-18(11-13-19)26-15(2)29/h6-13,20H,5,14H2,1-4H3,(H,26,29). The Morgan fingerprint density at radius 3 is 2.22 bits per heavy atom. The van der Waals surface area contributed by atoms with Gasteiger partial charge in [-0.1, -0.05) is 6.92 Å². The molecule has 0 aromatic heterocycles. The summed E-state index contributed by atoms with van der Waals surface area (Å²) in [6.07, 6.45) is 0.395. The minimum Gasteiger partial charge on any atom is -0.326 e. The summed E-state index contributed by atoms with van der Waals surface area (Å²) in [5, 5.41) is 2.63. The van der Waals surface area contributed by atoms with Gasteiger partial charge in [-0.2, -0.15) is 0 Å². The monoisotopic (exact) mass is 439 g/mol. The van der Waals surface area contributed by atoms with Crippen LogP contribution >= 0.6 is 0 Å². The maximum Gasteiger partial charge on any atom is 0.257 e. The van der Waals surface area contributed by atoms with Crippen molar-refractivity contribution in [1.82, 2.24) is 4.90 Å². The van der Waals surface area contributed by atoms with Crippen LogP contribution in [0, 0.1) is 5.82 Å². The molecule has 168 valence electrons. The molecule has 4 amide bonds. The van der Waals surface area contributed by atoms with E-state index in [1.165, 1.54) is 36.1 Å². The molecule has 7 nitrogen and oxygen atoms in total. The van der Waals surface area contributed by atoms with Crippen LogP contribution in [0.25, 0.3) is 0 Å². The number of nitrogens with one attached hydrogen (secondary N) is 1. The van der Waals surface area contributed by atoms with Crippen LogP contribution in [0.4, 0.5) is 15.8 Å². The second-order valence-corrected chi connectivity index (χ2v) is 8.36. The number of carbonyl (C=O) groups is 4. The predicted molar refractivity (Wildman–Crippen MR) is 119 cm³/mol. The zero-order valence-corrected chi connectivity index (χ0v) is 18.5. The number of hydrogen-bond donors (Lipinski definition) is 1. The first kappa shape index (κ1) is 23.1. The molecule has 1 aliphatic rings. The van der Waals surface area contributed by atoms with E-state index in [0.717, 1.165) is 4.90 Å². The quantitative estimate of drug-likeness (QED) is 0.695. The number of carbonyl (C=O) groups excluding carboxylic acids is 4. The predicted octanol–water partition coefficient (Wildman–Crippen LogP) is 3.75. The van der Waals surface area contributed by atoms with Crippen LogP contribution in [0.15, 0.2) is 48.5 Å². The smallest absolute Gasteiger partial charge is 0.257 e. The van der Waals surface area contributed by atoms with E-state index in [9.17, 15) is 23.6 Å². The molecule has 0 radical (unpaired) electrons. The fraction of sp³-hybridized carbons (Fsp3) is 0.333. The molecule has 0 spiro atoms. The summed E-state index contributed by atoms with van der Waals surface area (Å²) in [7, 11) is 0. The number of nitrogens with zero attached hydrogens (tertiary/aromatic N) is 2. The van der Waals surface area contributed by atoms with Gasteiger partial charge in [-0.25, -0.2) is 9.29 Å². The lowest BCUT2D eigenvalue weighted by molar-refractivity contribution is -0.123. The molecule has 1 atom stereocenters. The zero-order chi connectivity index (χ0) is 23.6. The number of rotatable bonds is 6. The van der Waals surface area contributed by atoms with Gasteiger partial charge in [0.15, 0.2) is 0 Å². The van der Waals surface area contributed by atoms with Crippen LogP contribution in [0.1, 0.15) is 50.9 Å². The highest BCUT2D eigenvalue weighted by molar-refractivity contribution is 6.23. The van der Waals surface area contributed by atoms with Crippen molar-refractivity contribution in [3.05, 3.63) is 59.9 Å². The number of amides is 4. The van der Waals surface area contributed by atoms with Gasteiger partial charge in [0.05, 0.1) is 12.1 Å². The van der Waals surface area contributed by atoms with Gasteiger partial charge in [0.2, 0.25) is 11.8 Å². The lowest BCUT2D eigenvalue weighted by Gasteiger charge is -2.41. The fourth-order valence-corrected chi connectivity index (χ4v) is 3.73. The van der Waals surface area contributed by atoms with Crippen molar-refractivity contribution in [2.75, 3.05) is 10.2 Å². The topological polar surface area (TPSA) is 86.8 Å². The van der Waals surface area contributed by atoms with Crippen molar-refractivity contribution in [1.29, 1.82) is 0 Å². The van der Waals surface area contributed by atoms with E-state index in [2.05, 4.69) is 5.32 Å². The Balaban J connectivity index is 1.94. The number of benzene rings is 2. The molecule has 1 fully saturated rings. The molecular weight excluding hydrogens is 413 g/mol. The van der Waals surface area contributed by atoms with Crippen LogP contribution in [-0.2, 0) is 14.4 Å². The average Bonchev–Trinajstić information content (AvgIpc) is 3.02. The molecule has 1 heterocycles. The van der Waals surface area contributed by atoms with Gasteiger partial charge < -0.3 is 10.2 Å². The highest BCUT2D eigenvalue weighted by Gasteiger charge is 2.48. The third-order valence-electron chi connectivity index (χ3n) is 5.71. The van der Waals surface area contributed by atoms with Crippen LogP contribution in [0.5, 0.6) is 0 Å². The summed E-state index contributed by atoms with van der Waals surface area (Å²) < 4.78 is 13.3. The van der Waals surface area contributed by atoms with E-state index in [4.69, 9.17) is 0 Å². The van der Waals surface area contributed by atoms with Crippen LogP contribution in [0.2, 0.25) is 0 Å². The number of anilines is 2. The molecule has 2 aromatic rings. The van der Waals surface area contributed by atoms with Crippen molar-refractivity contribution >= 4 is 35.0 Å². The normalized spacial score (nSPS) is 16.3. The maximum atomic E-state index is 13.4. The Bertz CT molecular complexity index is 1050. The first-order chi connectivity index (χ1) is 15.0. The first-order valence-electron chi connectivity index (χ1n) is 10.4. The molecule has 2 aromatic carbocycles. The zero-order valence-electron chi connectivity index (χ0n) is 18.5. The Kier molecular flexibility index (Phi) is 6.43. The molecule has 0 bridgehead atoms. The van der Waals surface area contributed by atoms with E-state index in [1.54, 1.807) is 24.3 Å². The van der Waals surface area contributed by atoms with E-state index in [0.29, 0.717) is 17.8 Å². The molecule has 1 unspecified atom stereocenters. The highest BCUT2D eigenvalue weighted by atomic mass is 19.1. The van der Waals surface area contributed by atoms with Crippen LogP contribution in [0.3, 0.4) is 0 Å². The van der Waals surface area contributed by atoms with Gasteiger partial charge in [-0.15, -0.1) is 0 Å². The van der Waals surface area contributed by atoms with Gasteiger partial charge >= 0.3 is 0 Å². The lowest BCUT2D eigenvalue weighted by atomic mass is 9.94. The maximum absolute atomic E-state index is 13.4. The third kappa shape index (κ3) is 4.54. The molecular formula is C24H26FN3O4. The average molecular weight is 439 g/mol. The molecule has 1 saturated heterocycles. The van der Waals surface area contributed by atoms with E-state index in [1.807, 2.05) is 20.8 Å². The second kappa shape index (κ2) is 8.90. The summed E-state index contributed by atoms with van der Waals surface area (Å²) in [5.41, 5.74) is 0.417. The minimum atomic E-state index is -0.981. The molecule has 1 N–H and O–H groups in total. The third-order valence-corrected chi connectivity index (χ3v) is 5.71. The SMILES string of the molecule is CCC(C)(C)N(C(=O)c1ccc(F)cc1)C1CC(=O)N(c2ccc(NC(C)=O)cc2)C1=O. The van der Waals surface area contributed by atoms with Crippen molar-refractivity contribution in [2.24, 2.45) is 0 Å². The van der Waals surface area contributed by atoms with Gasteiger partial charge in [0.25, 0.3) is 11.8 Å². The summed E-state index contributed by atoms with van der Waals surface area (Å²) in [6, 6.07) is 10.5. The Morgan fingerprint density at radius 2 is 1.69 bits per heavy atom. The van der Waals surface area contributed by atoms with Crippen molar-refractivity contribution in [2.45, 2.75) is 52.1 Å². The molecule has 32 heavy (non-hydrogen) atoms. The van der Waals surface area contributed by atoms with Crippen molar-refractivity contribution < 1.29 is 23.6 Å². The summed E-state index contributed by atoms with van der Waals surface area (Å²) in [5.74, 6) is -2.06. The van der Waals surface area contributed by atoms with Crippen LogP contribution < -0.4 is 10.2 Å². The molecule has 0 saturated carbocycles. The van der Waals surface area contributed by atoms with E-state index in [-0.39, 0.29) is 17.9 Å². The molecule has 1 aliphatic heterocycles. The van der Waals surface area contributed by atoms with E-state index >= 15 is 0 Å². The molecule has 3 rings (SSSR count). The molecule has 0 aliphatic carbocycles. The van der Waals surface area contributed by atoms with Crippen molar-refractivity contribution in [3.8, 4) is 0 Å². The van der Waals surface area contributed by atoms with Gasteiger partial charge in [0, 0.05) is 23.7 Å². The minimum absolute atomic E-state index is 0.150. The van der Waals surface area contributed by atoms with E-state index < -0.39 is 35.1 Å². The summed E-state index contributed by atoms with van der Waals surface area (Å²) in [6.45, 7) is 6.94. The molecule has 8 heteroatoms. The lowest BCUT2D eigenvalue weighted by Crippen LogP contribution is -2.55. The first-order valence-corrected chi connectivity index (χ1v) is 10.4. The van der Waals surface area contributed by atoms with Gasteiger partial charge in [-0.05, 0) is 68.8 Å². The van der Waals surface area contributed by atoms with Gasteiger partial charge in [0.1, 0.15) is 11.9 Å². The van der Waals surface area contributed by atoms with Crippen LogP contribution in [-0.4, -0.2) is 40.1 Å². The number of hydrogen-bond acceptors (Lipinski definition) is 4. The number of halogens is 1.